The summed E-state index contributed by atoms with van der Waals surface area (Å²) in [6.45, 7) is 1.87. The average Bonchev–Trinajstić information content (AvgIpc) is 2.97. The van der Waals surface area contributed by atoms with E-state index < -0.39 is 5.97 Å². The number of nitrogens with one attached hydrogen (secondary N) is 1. The van der Waals surface area contributed by atoms with Crippen LogP contribution in [0.15, 0.2) is 30.3 Å². The lowest BCUT2D eigenvalue weighted by atomic mass is 9.86. The Morgan fingerprint density at radius 2 is 1.92 bits per heavy atom. The van der Waals surface area contributed by atoms with Crippen LogP contribution in [0.3, 0.4) is 0 Å². The monoisotopic (exact) mass is 361 g/mol. The van der Waals surface area contributed by atoms with Gasteiger partial charge in [0.15, 0.2) is 5.69 Å². The fourth-order valence-corrected chi connectivity index (χ4v) is 3.41. The minimum atomic E-state index is -0.751. The number of carboxylic acid groups (broad SMARTS) is 1. The summed E-state index contributed by atoms with van der Waals surface area (Å²) in [5.74, 6) is -1.29. The van der Waals surface area contributed by atoms with Crippen molar-refractivity contribution in [2.24, 2.45) is 5.92 Å². The minimum Gasteiger partial charge on any atom is -0.481 e. The molecule has 1 aromatic heterocycles. The third-order valence-corrected chi connectivity index (χ3v) is 4.93. The lowest BCUT2D eigenvalue weighted by Gasteiger charge is -2.26. The summed E-state index contributed by atoms with van der Waals surface area (Å²) in [4.78, 5) is 23.5. The summed E-state index contributed by atoms with van der Waals surface area (Å²) in [7, 11) is 0. The summed E-state index contributed by atoms with van der Waals surface area (Å²) >= 11 is 6.21. The molecule has 2 aromatic rings. The van der Waals surface area contributed by atoms with Crippen LogP contribution < -0.4 is 5.32 Å². The van der Waals surface area contributed by atoms with Gasteiger partial charge in [-0.25, -0.2) is 4.68 Å². The van der Waals surface area contributed by atoms with Gasteiger partial charge in [0.2, 0.25) is 0 Å². The zero-order valence-corrected chi connectivity index (χ0v) is 14.7. The molecule has 0 atom stereocenters. The number of hydrogen-bond donors (Lipinski definition) is 2. The van der Waals surface area contributed by atoms with Gasteiger partial charge in [-0.3, -0.25) is 9.59 Å². The Morgan fingerprint density at radius 3 is 2.56 bits per heavy atom. The van der Waals surface area contributed by atoms with Gasteiger partial charge in [-0.2, -0.15) is 5.10 Å². The molecule has 132 valence electrons. The number of para-hydroxylation sites is 1. The molecule has 2 N–H and O–H groups in total. The Hall–Kier alpha value is -2.34. The Labute approximate surface area is 150 Å². The smallest absolute Gasteiger partial charge is 0.306 e. The number of amides is 1. The molecule has 1 aliphatic carbocycles. The van der Waals surface area contributed by atoms with Crippen LogP contribution in [0.2, 0.25) is 5.02 Å². The zero-order valence-electron chi connectivity index (χ0n) is 13.9. The summed E-state index contributed by atoms with van der Waals surface area (Å²) in [5.41, 5.74) is 1.87. The maximum atomic E-state index is 12.5. The molecule has 7 heteroatoms. The van der Waals surface area contributed by atoms with Crippen molar-refractivity contribution in [3.05, 3.63) is 46.7 Å². The van der Waals surface area contributed by atoms with Gasteiger partial charge in [-0.15, -0.1) is 0 Å². The fourth-order valence-electron chi connectivity index (χ4n) is 3.20. The normalized spacial score (nSPS) is 20.2. The summed E-state index contributed by atoms with van der Waals surface area (Å²) < 4.78 is 1.65. The summed E-state index contributed by atoms with van der Waals surface area (Å²) in [6, 6.07) is 9.04. The quantitative estimate of drug-likeness (QED) is 0.875. The average molecular weight is 362 g/mol. The van der Waals surface area contributed by atoms with Crippen LogP contribution >= 0.6 is 11.6 Å². The molecule has 0 saturated heterocycles. The van der Waals surface area contributed by atoms with Crippen LogP contribution in [0.25, 0.3) is 5.69 Å². The number of halogens is 1. The van der Waals surface area contributed by atoms with E-state index in [4.69, 9.17) is 16.7 Å². The molecule has 1 fully saturated rings. The first-order chi connectivity index (χ1) is 12.0. The first-order valence-corrected chi connectivity index (χ1v) is 8.68. The molecule has 3 rings (SSSR count). The van der Waals surface area contributed by atoms with Gasteiger partial charge in [0.05, 0.1) is 16.6 Å². The first-order valence-electron chi connectivity index (χ1n) is 8.31. The molecule has 1 saturated carbocycles. The molecule has 25 heavy (non-hydrogen) atoms. The van der Waals surface area contributed by atoms with Crippen molar-refractivity contribution in [2.45, 2.75) is 38.6 Å². The second-order valence-electron chi connectivity index (χ2n) is 6.39. The number of carbonyl (C=O) groups excluding carboxylic acids is 1. The van der Waals surface area contributed by atoms with Crippen LogP contribution in [0.1, 0.15) is 41.9 Å². The van der Waals surface area contributed by atoms with E-state index in [9.17, 15) is 9.59 Å². The highest BCUT2D eigenvalue weighted by atomic mass is 35.5. The minimum absolute atomic E-state index is 0.00568. The van der Waals surface area contributed by atoms with Gasteiger partial charge < -0.3 is 10.4 Å². The third kappa shape index (κ3) is 3.85. The van der Waals surface area contributed by atoms with Crippen molar-refractivity contribution >= 4 is 23.5 Å². The SMILES string of the molecule is Cc1cc(C(=O)NC2CCC(C(=O)O)CC2)nn1-c1ccccc1Cl. The lowest BCUT2D eigenvalue weighted by molar-refractivity contribution is -0.142. The van der Waals surface area contributed by atoms with E-state index in [1.807, 2.05) is 25.1 Å². The summed E-state index contributed by atoms with van der Waals surface area (Å²) in [6.07, 6.45) is 2.53. The third-order valence-electron chi connectivity index (χ3n) is 4.61. The Morgan fingerprint density at radius 1 is 1.24 bits per heavy atom. The molecule has 1 heterocycles. The van der Waals surface area contributed by atoms with E-state index in [2.05, 4.69) is 10.4 Å². The van der Waals surface area contributed by atoms with Gasteiger partial charge in [-0.05, 0) is 50.8 Å². The Bertz CT molecular complexity index is 795. The Kier molecular flexibility index (Phi) is 5.08. The summed E-state index contributed by atoms with van der Waals surface area (Å²) in [5, 5.41) is 16.9. The standard InChI is InChI=1S/C18H20ClN3O3/c1-11-10-15(21-22(11)16-5-3-2-4-14(16)19)17(23)20-13-8-6-12(7-9-13)18(24)25/h2-5,10,12-13H,6-9H2,1H3,(H,20,23)(H,24,25). The van der Waals surface area contributed by atoms with E-state index in [0.29, 0.717) is 36.4 Å². The molecule has 1 amide bonds. The van der Waals surface area contributed by atoms with E-state index in [0.717, 1.165) is 11.4 Å². The number of aryl methyl sites for hydroxylation is 1. The number of aromatic nitrogens is 2. The molecule has 0 radical (unpaired) electrons. The number of aliphatic carboxylic acids is 1. The predicted molar refractivity (Wildman–Crippen MR) is 94.2 cm³/mol. The van der Waals surface area contributed by atoms with E-state index in [1.54, 1.807) is 16.8 Å². The van der Waals surface area contributed by atoms with Crippen molar-refractivity contribution in [3.63, 3.8) is 0 Å². The molecular weight excluding hydrogens is 342 g/mol. The molecule has 0 spiro atoms. The van der Waals surface area contributed by atoms with Gasteiger partial charge >= 0.3 is 5.97 Å². The second kappa shape index (κ2) is 7.27. The number of carbonyl (C=O) groups is 2. The molecule has 0 bridgehead atoms. The highest BCUT2D eigenvalue weighted by Crippen LogP contribution is 2.25. The van der Waals surface area contributed by atoms with Crippen LogP contribution in [0.5, 0.6) is 0 Å². The first kappa shape index (κ1) is 17.5. The van der Waals surface area contributed by atoms with Crippen LogP contribution in [0, 0.1) is 12.8 Å². The maximum Gasteiger partial charge on any atom is 0.306 e. The Balaban J connectivity index is 1.69. The number of benzene rings is 1. The maximum absolute atomic E-state index is 12.5. The van der Waals surface area contributed by atoms with Crippen molar-refractivity contribution in [3.8, 4) is 5.69 Å². The zero-order chi connectivity index (χ0) is 18.0. The number of rotatable bonds is 4. The predicted octanol–water partition coefficient (Wildman–Crippen LogP) is 3.21. The number of nitrogens with zero attached hydrogens (tertiary/aromatic N) is 2. The van der Waals surface area contributed by atoms with E-state index in [-0.39, 0.29) is 17.9 Å². The van der Waals surface area contributed by atoms with Crippen LogP contribution in [0.4, 0.5) is 0 Å². The van der Waals surface area contributed by atoms with Crippen molar-refractivity contribution in [1.29, 1.82) is 0 Å². The van der Waals surface area contributed by atoms with Crippen molar-refractivity contribution < 1.29 is 14.7 Å². The topological polar surface area (TPSA) is 84.2 Å². The molecule has 0 unspecified atom stereocenters. The highest BCUT2D eigenvalue weighted by molar-refractivity contribution is 6.32. The molecule has 1 aromatic carbocycles. The van der Waals surface area contributed by atoms with E-state index in [1.165, 1.54) is 0 Å². The van der Waals surface area contributed by atoms with Gasteiger partial charge in [-0.1, -0.05) is 23.7 Å². The molecular formula is C18H20ClN3O3. The second-order valence-corrected chi connectivity index (χ2v) is 6.80. The van der Waals surface area contributed by atoms with Gasteiger partial charge in [0.25, 0.3) is 5.91 Å². The number of hydrogen-bond acceptors (Lipinski definition) is 3. The van der Waals surface area contributed by atoms with Crippen LogP contribution in [-0.2, 0) is 4.79 Å². The van der Waals surface area contributed by atoms with Crippen molar-refractivity contribution in [2.75, 3.05) is 0 Å². The molecule has 0 aliphatic heterocycles. The largest absolute Gasteiger partial charge is 0.481 e. The van der Waals surface area contributed by atoms with Gasteiger partial charge in [0.1, 0.15) is 0 Å². The van der Waals surface area contributed by atoms with Crippen molar-refractivity contribution in [1.82, 2.24) is 15.1 Å². The van der Waals surface area contributed by atoms with Gasteiger partial charge in [0, 0.05) is 11.7 Å². The fraction of sp³-hybridized carbons (Fsp3) is 0.389. The number of carboxylic acids is 1. The van der Waals surface area contributed by atoms with Crippen LogP contribution in [-0.4, -0.2) is 32.8 Å². The van der Waals surface area contributed by atoms with E-state index >= 15 is 0 Å². The highest BCUT2D eigenvalue weighted by Gasteiger charge is 2.27. The molecule has 1 aliphatic rings. The lowest BCUT2D eigenvalue weighted by Crippen LogP contribution is -2.38. The molecule has 6 nitrogen and oxygen atoms in total.